The zero-order valence-electron chi connectivity index (χ0n) is 11.7. The van der Waals surface area contributed by atoms with Crippen molar-refractivity contribution in [3.8, 4) is 11.4 Å². The van der Waals surface area contributed by atoms with E-state index in [0.29, 0.717) is 0 Å². The Morgan fingerprint density at radius 1 is 1.15 bits per heavy atom. The zero-order chi connectivity index (χ0) is 13.8. The van der Waals surface area contributed by atoms with Gasteiger partial charge < -0.3 is 9.47 Å². The number of hydrogen-bond donors (Lipinski definition) is 0. The lowest BCUT2D eigenvalue weighted by atomic mass is 10.2. The molecule has 3 heterocycles. The van der Waals surface area contributed by atoms with E-state index in [1.807, 2.05) is 19.2 Å². The van der Waals surface area contributed by atoms with E-state index in [9.17, 15) is 0 Å². The van der Waals surface area contributed by atoms with E-state index >= 15 is 0 Å². The smallest absolute Gasteiger partial charge is 0.191 e. The van der Waals surface area contributed by atoms with Crippen LogP contribution >= 0.6 is 11.8 Å². The van der Waals surface area contributed by atoms with Crippen LogP contribution in [0.15, 0.2) is 29.7 Å². The second-order valence-electron chi connectivity index (χ2n) is 5.00. The van der Waals surface area contributed by atoms with Crippen molar-refractivity contribution in [1.82, 2.24) is 24.6 Å². The van der Waals surface area contributed by atoms with Crippen molar-refractivity contribution in [2.24, 2.45) is 7.05 Å². The summed E-state index contributed by atoms with van der Waals surface area (Å²) >= 11 is 1.78. The van der Waals surface area contributed by atoms with Crippen molar-refractivity contribution in [2.45, 2.75) is 18.0 Å². The van der Waals surface area contributed by atoms with Gasteiger partial charge in [-0.15, -0.1) is 10.2 Å². The molecule has 20 heavy (non-hydrogen) atoms. The molecular formula is C14H19N5S. The van der Waals surface area contributed by atoms with Crippen LogP contribution in [0.1, 0.15) is 12.8 Å². The summed E-state index contributed by atoms with van der Waals surface area (Å²) in [6.07, 6.45) is 6.26. The lowest BCUT2D eigenvalue weighted by Crippen LogP contribution is -2.22. The number of hydrogen-bond acceptors (Lipinski definition) is 5. The molecule has 1 aliphatic heterocycles. The summed E-state index contributed by atoms with van der Waals surface area (Å²) in [5.41, 5.74) is 1.06. The van der Waals surface area contributed by atoms with Gasteiger partial charge in [0, 0.05) is 37.3 Å². The molecule has 0 spiro atoms. The van der Waals surface area contributed by atoms with Gasteiger partial charge in [-0.3, -0.25) is 4.98 Å². The third-order valence-corrected chi connectivity index (χ3v) is 4.61. The molecule has 6 heteroatoms. The normalized spacial score (nSPS) is 15.8. The second-order valence-corrected chi connectivity index (χ2v) is 6.06. The van der Waals surface area contributed by atoms with Crippen molar-refractivity contribution in [1.29, 1.82) is 0 Å². The first-order chi connectivity index (χ1) is 9.84. The maximum atomic E-state index is 4.29. The van der Waals surface area contributed by atoms with Crippen LogP contribution in [0.2, 0.25) is 0 Å². The van der Waals surface area contributed by atoms with Crippen LogP contribution in [0, 0.1) is 0 Å². The lowest BCUT2D eigenvalue weighted by molar-refractivity contribution is 0.362. The van der Waals surface area contributed by atoms with Crippen LogP contribution in [0.5, 0.6) is 0 Å². The highest BCUT2D eigenvalue weighted by molar-refractivity contribution is 7.99. The fraction of sp³-hybridized carbons (Fsp3) is 0.500. The van der Waals surface area contributed by atoms with Crippen molar-refractivity contribution in [3.05, 3.63) is 24.5 Å². The van der Waals surface area contributed by atoms with E-state index in [4.69, 9.17) is 0 Å². The number of nitrogens with zero attached hydrogens (tertiary/aromatic N) is 5. The van der Waals surface area contributed by atoms with Gasteiger partial charge >= 0.3 is 0 Å². The van der Waals surface area contributed by atoms with Crippen LogP contribution < -0.4 is 0 Å². The number of likely N-dealkylation sites (tertiary alicyclic amines) is 1. The molecule has 0 saturated carbocycles. The van der Waals surface area contributed by atoms with E-state index in [1.165, 1.54) is 25.9 Å². The average molecular weight is 289 g/mol. The number of thioether (sulfide) groups is 1. The minimum absolute atomic E-state index is 0.899. The summed E-state index contributed by atoms with van der Waals surface area (Å²) in [5.74, 6) is 1.97. The topological polar surface area (TPSA) is 46.8 Å². The fourth-order valence-corrected chi connectivity index (χ4v) is 3.38. The predicted octanol–water partition coefficient (Wildman–Crippen LogP) is 2.06. The van der Waals surface area contributed by atoms with Gasteiger partial charge in [0.25, 0.3) is 0 Å². The van der Waals surface area contributed by atoms with E-state index in [1.54, 1.807) is 24.2 Å². The molecule has 1 saturated heterocycles. The molecule has 0 aliphatic carbocycles. The highest BCUT2D eigenvalue weighted by Crippen LogP contribution is 2.22. The summed E-state index contributed by atoms with van der Waals surface area (Å²) in [5, 5.41) is 9.56. The first-order valence-electron chi connectivity index (χ1n) is 6.99. The molecule has 2 aromatic rings. The van der Waals surface area contributed by atoms with E-state index in [2.05, 4.69) is 24.6 Å². The molecular weight excluding hydrogens is 270 g/mol. The molecule has 3 rings (SSSR count). The average Bonchev–Trinajstić information content (AvgIpc) is 3.11. The molecule has 0 N–H and O–H groups in total. The number of rotatable bonds is 5. The molecule has 0 aromatic carbocycles. The molecule has 0 amide bonds. The lowest BCUT2D eigenvalue weighted by Gasteiger charge is -2.13. The summed E-state index contributed by atoms with van der Waals surface area (Å²) < 4.78 is 2.06. The van der Waals surface area contributed by atoms with Crippen molar-refractivity contribution >= 4 is 11.8 Å². The van der Waals surface area contributed by atoms with E-state index in [0.717, 1.165) is 28.8 Å². The SMILES string of the molecule is Cn1c(SCCN2CCCC2)nnc1-c1ccncc1. The van der Waals surface area contributed by atoms with Gasteiger partial charge in [-0.2, -0.15) is 0 Å². The maximum absolute atomic E-state index is 4.29. The molecule has 0 bridgehead atoms. The Balaban J connectivity index is 1.62. The molecule has 2 aromatic heterocycles. The molecule has 0 atom stereocenters. The van der Waals surface area contributed by atoms with Crippen molar-refractivity contribution in [3.63, 3.8) is 0 Å². The molecule has 1 aliphatic rings. The molecule has 5 nitrogen and oxygen atoms in total. The van der Waals surface area contributed by atoms with Crippen LogP contribution in [0.25, 0.3) is 11.4 Å². The van der Waals surface area contributed by atoms with Gasteiger partial charge in [-0.05, 0) is 38.1 Å². The van der Waals surface area contributed by atoms with Crippen LogP contribution in [-0.2, 0) is 7.05 Å². The monoisotopic (exact) mass is 289 g/mol. The Bertz CT molecular complexity index is 548. The van der Waals surface area contributed by atoms with Crippen LogP contribution in [0.4, 0.5) is 0 Å². The quantitative estimate of drug-likeness (QED) is 0.789. The van der Waals surface area contributed by atoms with Gasteiger partial charge in [0.05, 0.1) is 0 Å². The fourth-order valence-electron chi connectivity index (χ4n) is 2.47. The van der Waals surface area contributed by atoms with Gasteiger partial charge in [0.2, 0.25) is 0 Å². The Morgan fingerprint density at radius 2 is 1.90 bits per heavy atom. The highest BCUT2D eigenvalue weighted by Gasteiger charge is 2.13. The maximum Gasteiger partial charge on any atom is 0.191 e. The summed E-state index contributed by atoms with van der Waals surface area (Å²) in [7, 11) is 2.02. The third-order valence-electron chi connectivity index (χ3n) is 3.61. The summed E-state index contributed by atoms with van der Waals surface area (Å²) in [4.78, 5) is 6.55. The molecule has 1 fully saturated rings. The van der Waals surface area contributed by atoms with E-state index < -0.39 is 0 Å². The van der Waals surface area contributed by atoms with Crippen LogP contribution in [0.3, 0.4) is 0 Å². The van der Waals surface area contributed by atoms with Gasteiger partial charge in [-0.1, -0.05) is 11.8 Å². The molecule has 106 valence electrons. The standard InChI is InChI=1S/C14H19N5S/c1-18-13(12-4-6-15-7-5-12)16-17-14(18)20-11-10-19-8-2-3-9-19/h4-7H,2-3,8-11H2,1H3. The van der Waals surface area contributed by atoms with Gasteiger partial charge in [0.15, 0.2) is 11.0 Å². The zero-order valence-corrected chi connectivity index (χ0v) is 12.5. The predicted molar refractivity (Wildman–Crippen MR) is 80.6 cm³/mol. The highest BCUT2D eigenvalue weighted by atomic mass is 32.2. The molecule has 0 radical (unpaired) electrons. The Morgan fingerprint density at radius 3 is 2.65 bits per heavy atom. The minimum atomic E-state index is 0.899. The van der Waals surface area contributed by atoms with Crippen molar-refractivity contribution < 1.29 is 0 Å². The van der Waals surface area contributed by atoms with Crippen LogP contribution in [-0.4, -0.2) is 50.0 Å². The first-order valence-corrected chi connectivity index (χ1v) is 7.98. The number of aromatic nitrogens is 4. The van der Waals surface area contributed by atoms with Gasteiger partial charge in [-0.25, -0.2) is 0 Å². The van der Waals surface area contributed by atoms with E-state index in [-0.39, 0.29) is 0 Å². The largest absolute Gasteiger partial charge is 0.305 e. The third kappa shape index (κ3) is 3.02. The van der Waals surface area contributed by atoms with Crippen molar-refractivity contribution in [2.75, 3.05) is 25.4 Å². The summed E-state index contributed by atoms with van der Waals surface area (Å²) in [6, 6.07) is 3.92. The number of pyridine rings is 1. The minimum Gasteiger partial charge on any atom is -0.305 e. The first kappa shape index (κ1) is 13.6. The second kappa shape index (κ2) is 6.37. The Labute approximate surface area is 123 Å². The Kier molecular flexibility index (Phi) is 4.32. The molecule has 0 unspecified atom stereocenters. The Hall–Kier alpha value is -1.40. The summed E-state index contributed by atoms with van der Waals surface area (Å²) in [6.45, 7) is 3.64. The van der Waals surface area contributed by atoms with Gasteiger partial charge in [0.1, 0.15) is 0 Å².